The van der Waals surface area contributed by atoms with Gasteiger partial charge in [-0.05, 0) is 48.8 Å². The summed E-state index contributed by atoms with van der Waals surface area (Å²) < 4.78 is 13.5. The lowest BCUT2D eigenvalue weighted by molar-refractivity contribution is 0.0711. The molecule has 3 unspecified atom stereocenters. The Labute approximate surface area is 103 Å². The minimum absolute atomic E-state index is 0.217. The van der Waals surface area contributed by atoms with Crippen LogP contribution in [-0.4, -0.2) is 5.11 Å². The molecule has 0 aliphatic heterocycles. The molecule has 17 heavy (non-hydrogen) atoms. The summed E-state index contributed by atoms with van der Waals surface area (Å²) >= 11 is 0. The molecule has 1 fully saturated rings. The summed E-state index contributed by atoms with van der Waals surface area (Å²) in [5, 5.41) is 10.3. The van der Waals surface area contributed by atoms with Gasteiger partial charge in [0, 0.05) is 0 Å². The number of hydrogen-bond acceptors (Lipinski definition) is 1. The predicted molar refractivity (Wildman–Crippen MR) is 67.2 cm³/mol. The Morgan fingerprint density at radius 1 is 1.35 bits per heavy atom. The second-order valence-electron chi connectivity index (χ2n) is 5.49. The van der Waals surface area contributed by atoms with Crippen LogP contribution in [0.4, 0.5) is 4.39 Å². The lowest BCUT2D eigenvalue weighted by Gasteiger charge is -2.30. The molecule has 1 saturated carbocycles. The minimum Gasteiger partial charge on any atom is -0.388 e. The molecule has 1 aliphatic carbocycles. The van der Waals surface area contributed by atoms with Crippen molar-refractivity contribution in [1.82, 2.24) is 0 Å². The van der Waals surface area contributed by atoms with E-state index in [4.69, 9.17) is 0 Å². The fourth-order valence-electron chi connectivity index (χ4n) is 2.83. The van der Waals surface area contributed by atoms with Crippen LogP contribution in [0.5, 0.6) is 0 Å². The summed E-state index contributed by atoms with van der Waals surface area (Å²) in [6.07, 6.45) is 4.04. The average Bonchev–Trinajstić information content (AvgIpc) is 2.32. The van der Waals surface area contributed by atoms with Crippen LogP contribution in [0.25, 0.3) is 0 Å². The van der Waals surface area contributed by atoms with Crippen LogP contribution in [0.2, 0.25) is 0 Å². The van der Waals surface area contributed by atoms with Gasteiger partial charge in [-0.1, -0.05) is 31.9 Å². The Balaban J connectivity index is 2.12. The molecule has 0 radical (unpaired) electrons. The fourth-order valence-corrected chi connectivity index (χ4v) is 2.83. The molecule has 1 aromatic carbocycles. The summed E-state index contributed by atoms with van der Waals surface area (Å²) in [7, 11) is 0. The molecular weight excluding hydrogens is 215 g/mol. The Morgan fingerprint density at radius 2 is 2.12 bits per heavy atom. The van der Waals surface area contributed by atoms with Crippen molar-refractivity contribution in [3.05, 3.63) is 35.1 Å². The van der Waals surface area contributed by atoms with Gasteiger partial charge in [-0.2, -0.15) is 0 Å². The number of aryl methyl sites for hydroxylation is 1. The second-order valence-corrected chi connectivity index (χ2v) is 5.49. The smallest absolute Gasteiger partial charge is 0.126 e. The molecule has 2 rings (SSSR count). The zero-order chi connectivity index (χ0) is 12.4. The van der Waals surface area contributed by atoms with Crippen molar-refractivity contribution in [3.8, 4) is 0 Å². The predicted octanol–water partition coefficient (Wildman–Crippen LogP) is 3.99. The van der Waals surface area contributed by atoms with E-state index in [0.717, 1.165) is 18.4 Å². The van der Waals surface area contributed by atoms with Crippen molar-refractivity contribution in [1.29, 1.82) is 0 Å². The molecule has 94 valence electrons. The second kappa shape index (κ2) is 5.18. The number of rotatable bonds is 2. The fraction of sp³-hybridized carbons (Fsp3) is 0.600. The van der Waals surface area contributed by atoms with Gasteiger partial charge in [0.05, 0.1) is 6.10 Å². The quantitative estimate of drug-likeness (QED) is 0.823. The van der Waals surface area contributed by atoms with Gasteiger partial charge in [0.2, 0.25) is 0 Å². The third-order valence-electron chi connectivity index (χ3n) is 3.96. The zero-order valence-electron chi connectivity index (χ0n) is 10.6. The van der Waals surface area contributed by atoms with Crippen LogP contribution in [0.15, 0.2) is 18.2 Å². The summed E-state index contributed by atoms with van der Waals surface area (Å²) in [5.41, 5.74) is 1.37. The van der Waals surface area contributed by atoms with E-state index in [0.29, 0.717) is 17.4 Å². The molecule has 0 amide bonds. The highest BCUT2D eigenvalue weighted by Gasteiger charge is 2.26. The monoisotopic (exact) mass is 236 g/mol. The SMILES string of the molecule is Cc1ccc(C(O)C2CCCC(C)C2)cc1F. The number of benzene rings is 1. The van der Waals surface area contributed by atoms with Gasteiger partial charge in [0.25, 0.3) is 0 Å². The van der Waals surface area contributed by atoms with E-state index in [1.807, 2.05) is 6.07 Å². The first-order valence-electron chi connectivity index (χ1n) is 6.52. The van der Waals surface area contributed by atoms with E-state index in [2.05, 4.69) is 6.92 Å². The molecule has 0 bridgehead atoms. The van der Waals surface area contributed by atoms with Gasteiger partial charge in [0.15, 0.2) is 0 Å². The van der Waals surface area contributed by atoms with Gasteiger partial charge in [-0.15, -0.1) is 0 Å². The van der Waals surface area contributed by atoms with Crippen LogP contribution in [-0.2, 0) is 0 Å². The maximum atomic E-state index is 13.5. The van der Waals surface area contributed by atoms with Crippen molar-refractivity contribution in [2.45, 2.75) is 45.6 Å². The Kier molecular flexibility index (Phi) is 3.82. The first-order chi connectivity index (χ1) is 8.08. The summed E-state index contributed by atoms with van der Waals surface area (Å²) in [6.45, 7) is 3.97. The molecule has 0 spiro atoms. The van der Waals surface area contributed by atoms with Gasteiger partial charge >= 0.3 is 0 Å². The Hall–Kier alpha value is -0.890. The molecule has 1 aromatic rings. The van der Waals surface area contributed by atoms with E-state index >= 15 is 0 Å². The van der Waals surface area contributed by atoms with Gasteiger partial charge in [0.1, 0.15) is 5.82 Å². The zero-order valence-corrected chi connectivity index (χ0v) is 10.6. The van der Waals surface area contributed by atoms with Crippen LogP contribution in [0, 0.1) is 24.6 Å². The van der Waals surface area contributed by atoms with E-state index in [-0.39, 0.29) is 5.82 Å². The third-order valence-corrected chi connectivity index (χ3v) is 3.96. The molecule has 3 atom stereocenters. The van der Waals surface area contributed by atoms with Crippen molar-refractivity contribution < 1.29 is 9.50 Å². The highest BCUT2D eigenvalue weighted by Crippen LogP contribution is 2.37. The number of hydrogen-bond donors (Lipinski definition) is 1. The standard InChI is InChI=1S/C15H21FO/c1-10-4-3-5-12(8-10)15(17)13-7-6-11(2)14(16)9-13/h6-7,9-10,12,15,17H,3-5,8H2,1-2H3. The van der Waals surface area contributed by atoms with Gasteiger partial charge < -0.3 is 5.11 Å². The molecule has 0 aromatic heterocycles. The molecule has 1 aliphatic rings. The van der Waals surface area contributed by atoms with E-state index in [1.165, 1.54) is 18.9 Å². The van der Waals surface area contributed by atoms with Crippen LogP contribution < -0.4 is 0 Å². The number of halogens is 1. The highest BCUT2D eigenvalue weighted by molar-refractivity contribution is 5.25. The maximum Gasteiger partial charge on any atom is 0.126 e. The Morgan fingerprint density at radius 3 is 2.76 bits per heavy atom. The largest absolute Gasteiger partial charge is 0.388 e. The summed E-state index contributed by atoms with van der Waals surface area (Å²) in [6, 6.07) is 5.09. The normalized spacial score (nSPS) is 26.8. The first-order valence-corrected chi connectivity index (χ1v) is 6.52. The van der Waals surface area contributed by atoms with Crippen molar-refractivity contribution in [3.63, 3.8) is 0 Å². The van der Waals surface area contributed by atoms with E-state index in [9.17, 15) is 9.50 Å². The highest BCUT2D eigenvalue weighted by atomic mass is 19.1. The minimum atomic E-state index is -0.507. The average molecular weight is 236 g/mol. The number of aliphatic hydroxyl groups is 1. The summed E-state index contributed by atoms with van der Waals surface area (Å²) in [4.78, 5) is 0. The van der Waals surface area contributed by atoms with Crippen LogP contribution >= 0.6 is 0 Å². The van der Waals surface area contributed by atoms with Crippen LogP contribution in [0.3, 0.4) is 0 Å². The summed E-state index contributed by atoms with van der Waals surface area (Å²) in [5.74, 6) is 0.755. The van der Waals surface area contributed by atoms with Crippen molar-refractivity contribution in [2.75, 3.05) is 0 Å². The third kappa shape index (κ3) is 2.86. The maximum absolute atomic E-state index is 13.5. The van der Waals surface area contributed by atoms with Crippen molar-refractivity contribution >= 4 is 0 Å². The molecule has 1 N–H and O–H groups in total. The molecular formula is C15H21FO. The van der Waals surface area contributed by atoms with E-state index in [1.54, 1.807) is 13.0 Å². The topological polar surface area (TPSA) is 20.2 Å². The lowest BCUT2D eigenvalue weighted by Crippen LogP contribution is -2.20. The van der Waals surface area contributed by atoms with Gasteiger partial charge in [-0.25, -0.2) is 4.39 Å². The first kappa shape index (κ1) is 12.6. The molecule has 2 heteroatoms. The van der Waals surface area contributed by atoms with Crippen LogP contribution in [0.1, 0.15) is 49.8 Å². The number of aliphatic hydroxyl groups excluding tert-OH is 1. The Bertz CT molecular complexity index is 389. The van der Waals surface area contributed by atoms with Crippen molar-refractivity contribution in [2.24, 2.45) is 11.8 Å². The molecule has 1 nitrogen and oxygen atoms in total. The van der Waals surface area contributed by atoms with E-state index < -0.39 is 6.10 Å². The molecule has 0 saturated heterocycles. The molecule has 0 heterocycles. The lowest BCUT2D eigenvalue weighted by atomic mass is 9.78. The van der Waals surface area contributed by atoms with Gasteiger partial charge in [-0.3, -0.25) is 0 Å².